The van der Waals surface area contributed by atoms with Gasteiger partial charge in [0.1, 0.15) is 5.75 Å². The quantitative estimate of drug-likeness (QED) is 0.602. The first-order valence-corrected chi connectivity index (χ1v) is 9.07. The first-order chi connectivity index (χ1) is 14.1. The highest BCUT2D eigenvalue weighted by atomic mass is 16.5. The molecule has 3 aromatic rings. The third-order valence-electron chi connectivity index (χ3n) is 4.16. The molecule has 7 heteroatoms. The topological polar surface area (TPSA) is 85.9 Å². The number of ether oxygens (including phenoxy) is 3. The molecule has 3 aromatic carbocycles. The van der Waals surface area contributed by atoms with Crippen molar-refractivity contribution >= 4 is 22.6 Å². The summed E-state index contributed by atoms with van der Waals surface area (Å²) >= 11 is 0. The molecule has 150 valence electrons. The molecule has 3 rings (SSSR count). The summed E-state index contributed by atoms with van der Waals surface area (Å²) in [5, 5.41) is 2.10. The van der Waals surface area contributed by atoms with E-state index in [0.717, 1.165) is 10.8 Å². The van der Waals surface area contributed by atoms with Gasteiger partial charge in [0.05, 0.1) is 7.11 Å². The summed E-state index contributed by atoms with van der Waals surface area (Å²) in [7, 11) is 1.51. The van der Waals surface area contributed by atoms with E-state index in [-0.39, 0.29) is 6.61 Å². The molecular formula is C22H22N2O5. The van der Waals surface area contributed by atoms with Crippen LogP contribution in [-0.4, -0.2) is 31.6 Å². The molecule has 0 unspecified atom stereocenters. The summed E-state index contributed by atoms with van der Waals surface area (Å²) in [6.07, 6.45) is -0.799. The molecular weight excluding hydrogens is 372 g/mol. The average Bonchev–Trinajstić information content (AvgIpc) is 2.76. The van der Waals surface area contributed by atoms with Crippen LogP contribution in [0.5, 0.6) is 17.2 Å². The number of hydrogen-bond donors (Lipinski definition) is 2. The number of carbonyl (C=O) groups excluding carboxylic acids is 2. The van der Waals surface area contributed by atoms with E-state index < -0.39 is 17.9 Å². The molecule has 0 heterocycles. The fourth-order valence-electron chi connectivity index (χ4n) is 2.65. The van der Waals surface area contributed by atoms with Crippen molar-refractivity contribution in [1.82, 2.24) is 10.9 Å². The zero-order chi connectivity index (χ0) is 20.6. The molecule has 0 fully saturated rings. The first-order valence-electron chi connectivity index (χ1n) is 9.07. The molecule has 2 amide bonds. The summed E-state index contributed by atoms with van der Waals surface area (Å²) < 4.78 is 16.2. The largest absolute Gasteiger partial charge is 0.493 e. The Morgan fingerprint density at radius 3 is 2.34 bits per heavy atom. The third kappa shape index (κ3) is 5.38. The fraction of sp³-hybridized carbons (Fsp3) is 0.182. The van der Waals surface area contributed by atoms with E-state index >= 15 is 0 Å². The Hall–Kier alpha value is -3.74. The van der Waals surface area contributed by atoms with Crippen LogP contribution in [0, 0.1) is 0 Å². The van der Waals surface area contributed by atoms with Crippen molar-refractivity contribution in [1.29, 1.82) is 0 Å². The zero-order valence-electron chi connectivity index (χ0n) is 16.2. The van der Waals surface area contributed by atoms with Gasteiger partial charge in [0.15, 0.2) is 24.2 Å². The molecule has 29 heavy (non-hydrogen) atoms. The molecule has 1 atom stereocenters. The minimum absolute atomic E-state index is 0.277. The van der Waals surface area contributed by atoms with Crippen LogP contribution < -0.4 is 25.1 Å². The smallest absolute Gasteiger partial charge is 0.279 e. The number of methoxy groups -OCH3 is 1. The van der Waals surface area contributed by atoms with E-state index in [0.29, 0.717) is 17.2 Å². The summed E-state index contributed by atoms with van der Waals surface area (Å²) in [5.41, 5.74) is 4.63. The van der Waals surface area contributed by atoms with Crippen LogP contribution in [-0.2, 0) is 9.59 Å². The van der Waals surface area contributed by atoms with Crippen LogP contribution in [0.2, 0.25) is 0 Å². The molecule has 0 aliphatic rings. The molecule has 0 aliphatic carbocycles. The van der Waals surface area contributed by atoms with Crippen molar-refractivity contribution < 1.29 is 23.8 Å². The van der Waals surface area contributed by atoms with Crippen molar-refractivity contribution in [2.45, 2.75) is 13.0 Å². The second-order valence-electron chi connectivity index (χ2n) is 6.25. The average molecular weight is 394 g/mol. The summed E-state index contributed by atoms with van der Waals surface area (Å²) in [6.45, 7) is 1.32. The Balaban J connectivity index is 1.47. The molecule has 0 bridgehead atoms. The predicted octanol–water partition coefficient (Wildman–Crippen LogP) is 2.84. The number of hydrogen-bond acceptors (Lipinski definition) is 5. The number of fused-ring (bicyclic) bond motifs is 1. The lowest BCUT2D eigenvalue weighted by Gasteiger charge is -2.16. The van der Waals surface area contributed by atoms with E-state index in [2.05, 4.69) is 10.9 Å². The van der Waals surface area contributed by atoms with Crippen molar-refractivity contribution in [2.75, 3.05) is 13.7 Å². The maximum Gasteiger partial charge on any atom is 0.279 e. The Morgan fingerprint density at radius 2 is 1.59 bits per heavy atom. The maximum atomic E-state index is 12.2. The van der Waals surface area contributed by atoms with Gasteiger partial charge in [-0.1, -0.05) is 42.5 Å². The van der Waals surface area contributed by atoms with E-state index in [4.69, 9.17) is 14.2 Å². The molecule has 7 nitrogen and oxygen atoms in total. The molecule has 0 radical (unpaired) electrons. The predicted molar refractivity (Wildman–Crippen MR) is 109 cm³/mol. The molecule has 0 saturated heterocycles. The van der Waals surface area contributed by atoms with Gasteiger partial charge in [-0.3, -0.25) is 20.4 Å². The normalized spacial score (nSPS) is 11.4. The van der Waals surface area contributed by atoms with E-state index in [9.17, 15) is 9.59 Å². The number of benzene rings is 3. The number of nitrogens with one attached hydrogen (secondary N) is 2. The molecule has 2 N–H and O–H groups in total. The Bertz CT molecular complexity index is 1010. The standard InChI is InChI=1S/C22H22N2O5/c1-15(29-18-12-11-16-7-3-4-8-17(16)13-18)22(26)24-23-21(25)14-28-20-10-6-5-9-19(20)27-2/h3-13,15H,14H2,1-2H3,(H,23,25)(H,24,26)/t15-/m1/s1. The molecule has 0 spiro atoms. The monoisotopic (exact) mass is 394 g/mol. The SMILES string of the molecule is COc1ccccc1OCC(=O)NNC(=O)[C@@H](C)Oc1ccc2ccccc2c1. The van der Waals surface area contributed by atoms with Crippen LogP contribution in [0.25, 0.3) is 10.8 Å². The zero-order valence-corrected chi connectivity index (χ0v) is 16.2. The lowest BCUT2D eigenvalue weighted by molar-refractivity contribution is -0.133. The van der Waals surface area contributed by atoms with Crippen LogP contribution in [0.1, 0.15) is 6.92 Å². The third-order valence-corrected chi connectivity index (χ3v) is 4.16. The van der Waals surface area contributed by atoms with Crippen molar-refractivity contribution in [3.05, 3.63) is 66.7 Å². The van der Waals surface area contributed by atoms with Crippen LogP contribution in [0.3, 0.4) is 0 Å². The summed E-state index contributed by atoms with van der Waals surface area (Å²) in [6, 6.07) is 20.4. The number of amides is 2. The second kappa shape index (κ2) is 9.45. The Morgan fingerprint density at radius 1 is 0.897 bits per heavy atom. The van der Waals surface area contributed by atoms with Crippen molar-refractivity contribution in [3.63, 3.8) is 0 Å². The van der Waals surface area contributed by atoms with Crippen molar-refractivity contribution in [3.8, 4) is 17.2 Å². The van der Waals surface area contributed by atoms with Gasteiger partial charge >= 0.3 is 0 Å². The van der Waals surface area contributed by atoms with Crippen LogP contribution in [0.15, 0.2) is 66.7 Å². The van der Waals surface area contributed by atoms with E-state index in [1.807, 2.05) is 36.4 Å². The van der Waals surface area contributed by atoms with E-state index in [1.54, 1.807) is 37.3 Å². The van der Waals surface area contributed by atoms with Gasteiger partial charge in [0.25, 0.3) is 11.8 Å². The minimum atomic E-state index is -0.799. The lowest BCUT2D eigenvalue weighted by Crippen LogP contribution is -2.48. The van der Waals surface area contributed by atoms with Gasteiger partial charge in [0, 0.05) is 0 Å². The van der Waals surface area contributed by atoms with Gasteiger partial charge in [-0.2, -0.15) is 0 Å². The highest BCUT2D eigenvalue weighted by molar-refractivity contribution is 5.86. The minimum Gasteiger partial charge on any atom is -0.493 e. The Labute approximate surface area is 168 Å². The van der Waals surface area contributed by atoms with Crippen molar-refractivity contribution in [2.24, 2.45) is 0 Å². The van der Waals surface area contributed by atoms with E-state index in [1.165, 1.54) is 7.11 Å². The molecule has 0 saturated carbocycles. The number of carbonyl (C=O) groups is 2. The molecule has 0 aromatic heterocycles. The molecule has 0 aliphatic heterocycles. The maximum absolute atomic E-state index is 12.2. The number of rotatable bonds is 7. The highest BCUT2D eigenvalue weighted by Gasteiger charge is 2.16. The van der Waals surface area contributed by atoms with Gasteiger partial charge in [-0.25, -0.2) is 0 Å². The van der Waals surface area contributed by atoms with Crippen LogP contribution in [0.4, 0.5) is 0 Å². The lowest BCUT2D eigenvalue weighted by atomic mass is 10.1. The first kappa shape index (κ1) is 20.0. The second-order valence-corrected chi connectivity index (χ2v) is 6.25. The summed E-state index contributed by atoms with van der Waals surface area (Å²) in [4.78, 5) is 24.1. The van der Waals surface area contributed by atoms with Gasteiger partial charge < -0.3 is 14.2 Å². The van der Waals surface area contributed by atoms with Gasteiger partial charge in [-0.15, -0.1) is 0 Å². The van der Waals surface area contributed by atoms with Gasteiger partial charge in [-0.05, 0) is 42.0 Å². The Kier molecular flexibility index (Phi) is 6.52. The fourth-order valence-corrected chi connectivity index (χ4v) is 2.65. The number of hydrazine groups is 1. The summed E-state index contributed by atoms with van der Waals surface area (Å²) in [5.74, 6) is 0.523. The van der Waals surface area contributed by atoms with Gasteiger partial charge in [0.2, 0.25) is 0 Å². The highest BCUT2D eigenvalue weighted by Crippen LogP contribution is 2.25. The number of para-hydroxylation sites is 2. The van der Waals surface area contributed by atoms with Crippen LogP contribution >= 0.6 is 0 Å².